The second kappa shape index (κ2) is 10.5. The number of nitrogens with zero attached hydrogens (tertiary/aromatic N) is 3. The van der Waals surface area contributed by atoms with Crippen LogP contribution in [0.25, 0.3) is 0 Å². The fourth-order valence-electron chi connectivity index (χ4n) is 4.87. The number of amides is 1. The van der Waals surface area contributed by atoms with Crippen molar-refractivity contribution in [1.29, 1.82) is 0 Å². The zero-order chi connectivity index (χ0) is 25.2. The summed E-state index contributed by atoms with van der Waals surface area (Å²) in [5, 5.41) is 0. The largest absolute Gasteiger partial charge is 0.495 e. The molecule has 0 N–H and O–H groups in total. The van der Waals surface area contributed by atoms with Gasteiger partial charge in [0, 0.05) is 45.2 Å². The minimum atomic E-state index is -3.74. The molecule has 2 heterocycles. The van der Waals surface area contributed by atoms with Crippen LogP contribution in [0.4, 0.5) is 10.1 Å². The molecule has 4 rings (SSSR count). The van der Waals surface area contributed by atoms with Crippen LogP contribution < -0.4 is 9.64 Å². The van der Waals surface area contributed by atoms with Gasteiger partial charge in [-0.25, -0.2) is 12.8 Å². The second-order valence-electron chi connectivity index (χ2n) is 9.51. The van der Waals surface area contributed by atoms with E-state index in [-0.39, 0.29) is 28.5 Å². The Morgan fingerprint density at radius 2 is 1.66 bits per heavy atom. The summed E-state index contributed by atoms with van der Waals surface area (Å²) in [4.78, 5) is 17.1. The summed E-state index contributed by atoms with van der Waals surface area (Å²) in [5.41, 5.74) is 1.50. The van der Waals surface area contributed by atoms with Crippen LogP contribution in [-0.2, 0) is 14.8 Å². The molecule has 0 spiro atoms. The lowest BCUT2D eigenvalue weighted by Gasteiger charge is -2.39. The molecule has 2 aromatic carbocycles. The first-order valence-electron chi connectivity index (χ1n) is 12.2. The van der Waals surface area contributed by atoms with E-state index in [0.717, 1.165) is 5.56 Å². The van der Waals surface area contributed by atoms with Gasteiger partial charge >= 0.3 is 0 Å². The molecule has 2 aliphatic rings. The number of para-hydroxylation sites is 1. The highest BCUT2D eigenvalue weighted by Crippen LogP contribution is 2.33. The molecule has 35 heavy (non-hydrogen) atoms. The van der Waals surface area contributed by atoms with E-state index in [2.05, 4.69) is 0 Å². The van der Waals surface area contributed by atoms with Crippen molar-refractivity contribution in [3.63, 3.8) is 0 Å². The van der Waals surface area contributed by atoms with Gasteiger partial charge in [0.1, 0.15) is 16.5 Å². The van der Waals surface area contributed by atoms with E-state index in [1.54, 1.807) is 24.3 Å². The Bertz CT molecular complexity index is 1150. The molecule has 2 aliphatic heterocycles. The van der Waals surface area contributed by atoms with Crippen LogP contribution in [-0.4, -0.2) is 69.9 Å². The first-order valence-corrected chi connectivity index (χ1v) is 13.6. The van der Waals surface area contributed by atoms with Gasteiger partial charge in [-0.05, 0) is 48.6 Å². The monoisotopic (exact) mass is 503 g/mol. The lowest BCUT2D eigenvalue weighted by atomic mass is 9.96. The number of piperazine rings is 1. The smallest absolute Gasteiger partial charge is 0.246 e. The van der Waals surface area contributed by atoms with Crippen molar-refractivity contribution in [2.75, 3.05) is 51.3 Å². The van der Waals surface area contributed by atoms with Crippen molar-refractivity contribution in [2.24, 2.45) is 5.92 Å². The maximum absolute atomic E-state index is 14.1. The summed E-state index contributed by atoms with van der Waals surface area (Å²) in [7, 11) is -2.26. The van der Waals surface area contributed by atoms with Crippen molar-refractivity contribution < 1.29 is 22.3 Å². The highest BCUT2D eigenvalue weighted by atomic mass is 32.2. The van der Waals surface area contributed by atoms with Gasteiger partial charge in [0.05, 0.1) is 12.8 Å². The third-order valence-electron chi connectivity index (χ3n) is 7.06. The van der Waals surface area contributed by atoms with Crippen LogP contribution >= 0.6 is 0 Å². The van der Waals surface area contributed by atoms with Crippen LogP contribution in [0.3, 0.4) is 0 Å². The van der Waals surface area contributed by atoms with Crippen molar-refractivity contribution in [2.45, 2.75) is 37.5 Å². The van der Waals surface area contributed by atoms with Crippen LogP contribution in [0.2, 0.25) is 0 Å². The first kappa shape index (κ1) is 25.4. The highest BCUT2D eigenvalue weighted by molar-refractivity contribution is 7.89. The molecule has 0 atom stereocenters. The van der Waals surface area contributed by atoms with Crippen molar-refractivity contribution in [3.05, 3.63) is 53.8 Å². The van der Waals surface area contributed by atoms with Gasteiger partial charge in [-0.3, -0.25) is 4.79 Å². The lowest BCUT2D eigenvalue weighted by Crippen LogP contribution is -2.52. The number of sulfonamides is 1. The molecule has 0 aromatic heterocycles. The number of hydrogen-bond donors (Lipinski definition) is 0. The second-order valence-corrected chi connectivity index (χ2v) is 11.4. The molecule has 0 unspecified atom stereocenters. The average molecular weight is 504 g/mol. The number of halogens is 1. The van der Waals surface area contributed by atoms with Gasteiger partial charge < -0.3 is 14.5 Å². The molecule has 9 heteroatoms. The molecule has 0 aliphatic carbocycles. The van der Waals surface area contributed by atoms with Crippen LogP contribution in [0.15, 0.2) is 47.4 Å². The summed E-state index contributed by atoms with van der Waals surface area (Å²) >= 11 is 0. The Hall–Kier alpha value is -2.65. The number of anilines is 1. The first-order chi connectivity index (χ1) is 16.7. The molecular weight excluding hydrogens is 469 g/mol. The fourth-order valence-corrected chi connectivity index (χ4v) is 6.53. The van der Waals surface area contributed by atoms with E-state index >= 15 is 0 Å². The molecule has 1 amide bonds. The number of carbonyl (C=O) groups is 1. The molecular formula is C26H34FN3O4S. The molecule has 7 nitrogen and oxygen atoms in total. The molecule has 2 saturated heterocycles. The maximum Gasteiger partial charge on any atom is 0.246 e. The number of hydrogen-bond acceptors (Lipinski definition) is 5. The predicted molar refractivity (Wildman–Crippen MR) is 134 cm³/mol. The van der Waals surface area contributed by atoms with Gasteiger partial charge in [-0.15, -0.1) is 0 Å². The standard InChI is InChI=1S/C26H34FN3O4S/c1-19(2)21-8-9-24(34-3)25(18-21)35(32,33)30-12-10-20(11-13-30)26(31)29-16-14-28(15-17-29)23-7-5-4-6-22(23)27/h4-9,18-20H,10-17H2,1-3H3. The zero-order valence-electron chi connectivity index (χ0n) is 20.6. The Morgan fingerprint density at radius 3 is 2.26 bits per heavy atom. The third-order valence-corrected chi connectivity index (χ3v) is 8.98. The van der Waals surface area contributed by atoms with Gasteiger partial charge in [-0.1, -0.05) is 32.0 Å². The molecule has 2 fully saturated rings. The number of rotatable bonds is 6. The SMILES string of the molecule is COc1ccc(C(C)C)cc1S(=O)(=O)N1CCC(C(=O)N2CCN(c3ccccc3F)CC2)CC1. The Labute approximate surface area is 207 Å². The molecule has 0 radical (unpaired) electrons. The fraction of sp³-hybridized carbons (Fsp3) is 0.500. The number of methoxy groups -OCH3 is 1. The van der Waals surface area contributed by atoms with Crippen LogP contribution in [0.5, 0.6) is 5.75 Å². The van der Waals surface area contributed by atoms with Crippen molar-refractivity contribution >= 4 is 21.6 Å². The summed E-state index contributed by atoms with van der Waals surface area (Å²) in [6.07, 6.45) is 0.968. The van der Waals surface area contributed by atoms with E-state index in [1.807, 2.05) is 35.8 Å². The summed E-state index contributed by atoms with van der Waals surface area (Å²) < 4.78 is 47.8. The molecule has 0 saturated carbocycles. The average Bonchev–Trinajstić information content (AvgIpc) is 2.88. The van der Waals surface area contributed by atoms with Gasteiger partial charge in [0.2, 0.25) is 15.9 Å². The third kappa shape index (κ3) is 5.30. The van der Waals surface area contributed by atoms with E-state index in [0.29, 0.717) is 63.5 Å². The molecule has 0 bridgehead atoms. The zero-order valence-corrected chi connectivity index (χ0v) is 21.4. The van der Waals surface area contributed by atoms with E-state index in [9.17, 15) is 17.6 Å². The molecule has 2 aromatic rings. The van der Waals surface area contributed by atoms with Crippen LogP contribution in [0, 0.1) is 11.7 Å². The minimum absolute atomic E-state index is 0.0645. The van der Waals surface area contributed by atoms with E-state index in [4.69, 9.17) is 4.74 Å². The molecule has 190 valence electrons. The quantitative estimate of drug-likeness (QED) is 0.601. The lowest BCUT2D eigenvalue weighted by molar-refractivity contribution is -0.137. The van der Waals surface area contributed by atoms with Gasteiger partial charge in [-0.2, -0.15) is 4.31 Å². The van der Waals surface area contributed by atoms with Crippen LogP contribution in [0.1, 0.15) is 38.2 Å². The topological polar surface area (TPSA) is 70.2 Å². The van der Waals surface area contributed by atoms with Gasteiger partial charge in [0.25, 0.3) is 0 Å². The van der Waals surface area contributed by atoms with Crippen molar-refractivity contribution in [3.8, 4) is 5.75 Å². The summed E-state index contributed by atoms with van der Waals surface area (Å²) in [5.74, 6) is 0.133. The van der Waals surface area contributed by atoms with E-state index < -0.39 is 10.0 Å². The number of ether oxygens (including phenoxy) is 1. The number of carbonyl (C=O) groups excluding carboxylic acids is 1. The highest BCUT2D eigenvalue weighted by Gasteiger charge is 2.36. The Balaban J connectivity index is 1.37. The Kier molecular flexibility index (Phi) is 7.66. The number of piperidine rings is 1. The summed E-state index contributed by atoms with van der Waals surface area (Å²) in [6, 6.07) is 12.0. The van der Waals surface area contributed by atoms with Crippen molar-refractivity contribution in [1.82, 2.24) is 9.21 Å². The summed E-state index contributed by atoms with van der Waals surface area (Å²) in [6.45, 7) is 6.84. The Morgan fingerprint density at radius 1 is 1.00 bits per heavy atom. The van der Waals surface area contributed by atoms with Gasteiger partial charge in [0.15, 0.2) is 0 Å². The maximum atomic E-state index is 14.1. The normalized spacial score (nSPS) is 18.2. The van der Waals surface area contributed by atoms with E-state index in [1.165, 1.54) is 17.5 Å². The predicted octanol–water partition coefficient (Wildman–Crippen LogP) is 3.71. The number of benzene rings is 2. The minimum Gasteiger partial charge on any atom is -0.495 e.